The third kappa shape index (κ3) is 12.0. The second-order valence-electron chi connectivity index (χ2n) is 7.05. The Balaban J connectivity index is 5.37. The fraction of sp³-hybridized carbons (Fsp3) is 0.647. The van der Waals surface area contributed by atoms with Gasteiger partial charge in [-0.3, -0.25) is 29.0 Å². The van der Waals surface area contributed by atoms with E-state index in [1.165, 1.54) is 0 Å². The average molecular weight is 445 g/mol. The number of nitrogens with one attached hydrogen (secondary N) is 3. The van der Waals surface area contributed by atoms with E-state index in [1.807, 2.05) is 5.32 Å². The maximum absolute atomic E-state index is 12.7. The van der Waals surface area contributed by atoms with Crippen molar-refractivity contribution in [3.8, 4) is 0 Å². The van der Waals surface area contributed by atoms with E-state index in [9.17, 15) is 24.0 Å². The topological polar surface area (TPSA) is 252 Å². The zero-order valence-electron chi connectivity index (χ0n) is 17.5. The van der Waals surface area contributed by atoms with Crippen LogP contribution in [0.3, 0.4) is 0 Å². The molecule has 0 spiro atoms. The summed E-state index contributed by atoms with van der Waals surface area (Å²) in [5, 5.41) is 24.3. The minimum absolute atomic E-state index is 0.0652. The van der Waals surface area contributed by atoms with E-state index >= 15 is 0 Å². The fourth-order valence-corrected chi connectivity index (χ4v) is 2.29. The summed E-state index contributed by atoms with van der Waals surface area (Å²) in [5.41, 5.74) is 16.3. The number of carboxylic acids is 2. The monoisotopic (exact) mass is 445 g/mol. The van der Waals surface area contributed by atoms with Crippen molar-refractivity contribution >= 4 is 35.6 Å². The van der Waals surface area contributed by atoms with Crippen LogP contribution in [-0.4, -0.2) is 77.0 Å². The lowest BCUT2D eigenvalue weighted by Gasteiger charge is -2.24. The largest absolute Gasteiger partial charge is 0.481 e. The molecule has 14 nitrogen and oxygen atoms in total. The van der Waals surface area contributed by atoms with Gasteiger partial charge in [-0.25, -0.2) is 0 Å². The van der Waals surface area contributed by atoms with Gasteiger partial charge in [-0.05, 0) is 18.8 Å². The Morgan fingerprint density at radius 1 is 0.903 bits per heavy atom. The van der Waals surface area contributed by atoms with Crippen LogP contribution in [-0.2, 0) is 24.0 Å². The number of amides is 3. The van der Waals surface area contributed by atoms with Crippen molar-refractivity contribution in [1.29, 1.82) is 0 Å². The van der Waals surface area contributed by atoms with E-state index in [0.29, 0.717) is 0 Å². The Bertz CT molecular complexity index is 692. The predicted octanol–water partition coefficient (Wildman–Crippen LogP) is -3.33. The molecule has 0 aromatic heterocycles. The molecule has 176 valence electrons. The van der Waals surface area contributed by atoms with Crippen LogP contribution >= 0.6 is 0 Å². The summed E-state index contributed by atoms with van der Waals surface area (Å²) in [6, 6.07) is -3.61. The molecule has 0 saturated carbocycles. The summed E-state index contributed by atoms with van der Waals surface area (Å²) in [6.45, 7) is 2.84. The minimum atomic E-state index is -1.56. The van der Waals surface area contributed by atoms with Crippen molar-refractivity contribution in [3.05, 3.63) is 0 Å². The quantitative estimate of drug-likeness (QED) is 0.0749. The molecule has 0 fully saturated rings. The molecule has 0 aromatic rings. The van der Waals surface area contributed by atoms with Crippen molar-refractivity contribution in [2.75, 3.05) is 13.1 Å². The minimum Gasteiger partial charge on any atom is -0.481 e. The van der Waals surface area contributed by atoms with Crippen LogP contribution < -0.4 is 33.2 Å². The van der Waals surface area contributed by atoms with Gasteiger partial charge >= 0.3 is 11.9 Å². The second-order valence-corrected chi connectivity index (χ2v) is 7.05. The van der Waals surface area contributed by atoms with Crippen LogP contribution in [0.5, 0.6) is 0 Å². The predicted molar refractivity (Wildman–Crippen MR) is 109 cm³/mol. The number of nitrogens with zero attached hydrogens (tertiary/aromatic N) is 1. The second kappa shape index (κ2) is 13.7. The summed E-state index contributed by atoms with van der Waals surface area (Å²) >= 11 is 0. The van der Waals surface area contributed by atoms with Gasteiger partial charge in [-0.15, -0.1) is 0 Å². The van der Waals surface area contributed by atoms with E-state index in [4.69, 9.17) is 27.4 Å². The highest BCUT2D eigenvalue weighted by atomic mass is 16.4. The van der Waals surface area contributed by atoms with Crippen LogP contribution in [0.2, 0.25) is 0 Å². The molecule has 0 heterocycles. The smallest absolute Gasteiger partial charge is 0.322 e. The van der Waals surface area contributed by atoms with E-state index in [1.54, 1.807) is 13.8 Å². The van der Waals surface area contributed by atoms with Gasteiger partial charge in [0.1, 0.15) is 18.6 Å². The van der Waals surface area contributed by atoms with E-state index in [0.717, 1.165) is 0 Å². The van der Waals surface area contributed by atoms with Gasteiger partial charge in [-0.1, -0.05) is 13.8 Å². The van der Waals surface area contributed by atoms with Crippen LogP contribution in [0.25, 0.3) is 0 Å². The molecule has 3 amide bonds. The van der Waals surface area contributed by atoms with Crippen molar-refractivity contribution in [2.45, 2.75) is 51.2 Å². The molecule has 0 aromatic carbocycles. The van der Waals surface area contributed by atoms with E-state index < -0.39 is 60.8 Å². The van der Waals surface area contributed by atoms with Gasteiger partial charge in [0.15, 0.2) is 5.96 Å². The molecule has 0 aliphatic rings. The van der Waals surface area contributed by atoms with Gasteiger partial charge in [-0.2, -0.15) is 0 Å². The fourth-order valence-electron chi connectivity index (χ4n) is 2.29. The molecular weight excluding hydrogens is 414 g/mol. The van der Waals surface area contributed by atoms with E-state index in [2.05, 4.69) is 15.6 Å². The molecule has 0 rings (SSSR count). The third-order valence-corrected chi connectivity index (χ3v) is 4.02. The Morgan fingerprint density at radius 3 is 1.97 bits per heavy atom. The number of carbonyl (C=O) groups excluding carboxylic acids is 3. The molecule has 0 saturated heterocycles. The first-order valence-electron chi connectivity index (χ1n) is 9.48. The summed E-state index contributed by atoms with van der Waals surface area (Å²) in [6.07, 6.45) is -0.449. The molecule has 0 aliphatic carbocycles. The molecule has 11 N–H and O–H groups in total. The van der Waals surface area contributed by atoms with Crippen molar-refractivity contribution in [1.82, 2.24) is 16.0 Å². The maximum atomic E-state index is 12.7. The summed E-state index contributed by atoms with van der Waals surface area (Å²) in [7, 11) is 0. The van der Waals surface area contributed by atoms with Gasteiger partial charge in [0.05, 0.1) is 12.5 Å². The Morgan fingerprint density at radius 2 is 1.48 bits per heavy atom. The number of carboxylic acid groups (broad SMARTS) is 2. The lowest BCUT2D eigenvalue weighted by atomic mass is 10.0. The maximum Gasteiger partial charge on any atom is 0.322 e. The van der Waals surface area contributed by atoms with Crippen LogP contribution in [0, 0.1) is 5.92 Å². The highest BCUT2D eigenvalue weighted by molar-refractivity contribution is 5.95. The standard InChI is InChI=1S/C17H31N7O7/c1-8(2)13(18)16(31)23-9(4-3-5-21-17(19)20)15(30)24-10(6-11(25)26)14(29)22-7-12(27)28/h8-10,13H,3-7,18H2,1-2H3,(H,22,29)(H,23,31)(H,24,30)(H,25,26)(H,27,28)(H4,19,20,21). The highest BCUT2D eigenvalue weighted by Crippen LogP contribution is 2.04. The average Bonchev–Trinajstić information content (AvgIpc) is 2.66. The molecular formula is C17H31N7O7. The first-order valence-corrected chi connectivity index (χ1v) is 9.48. The number of nitrogens with two attached hydrogens (primary N) is 3. The summed E-state index contributed by atoms with van der Waals surface area (Å²) in [5.74, 6) is -5.56. The molecule has 0 aliphatic heterocycles. The Hall–Kier alpha value is -3.42. The van der Waals surface area contributed by atoms with Gasteiger partial charge in [0, 0.05) is 6.54 Å². The van der Waals surface area contributed by atoms with Crippen LogP contribution in [0.15, 0.2) is 4.99 Å². The highest BCUT2D eigenvalue weighted by Gasteiger charge is 2.29. The van der Waals surface area contributed by atoms with Crippen LogP contribution in [0.1, 0.15) is 33.1 Å². The third-order valence-electron chi connectivity index (χ3n) is 4.02. The summed E-state index contributed by atoms with van der Waals surface area (Å²) < 4.78 is 0. The van der Waals surface area contributed by atoms with E-state index in [-0.39, 0.29) is 31.3 Å². The lowest BCUT2D eigenvalue weighted by Crippen LogP contribution is -2.57. The van der Waals surface area contributed by atoms with Gasteiger partial charge in [0.25, 0.3) is 0 Å². The summed E-state index contributed by atoms with van der Waals surface area (Å²) in [4.78, 5) is 62.5. The first-order chi connectivity index (χ1) is 14.3. The van der Waals surface area contributed by atoms with Crippen LogP contribution in [0.4, 0.5) is 0 Å². The zero-order valence-corrected chi connectivity index (χ0v) is 17.5. The molecule has 3 unspecified atom stereocenters. The molecule has 3 atom stereocenters. The van der Waals surface area contributed by atoms with Gasteiger partial charge < -0.3 is 43.4 Å². The zero-order chi connectivity index (χ0) is 24.1. The SMILES string of the molecule is CC(C)C(N)C(=O)NC(CCCN=C(N)N)C(=O)NC(CC(=O)O)C(=O)NCC(=O)O. The molecule has 14 heteroatoms. The molecule has 0 bridgehead atoms. The van der Waals surface area contributed by atoms with Crippen molar-refractivity contribution in [3.63, 3.8) is 0 Å². The molecule has 0 radical (unpaired) electrons. The first kappa shape index (κ1) is 27.6. The number of hydrogen-bond donors (Lipinski definition) is 8. The number of rotatable bonds is 14. The Labute approximate surface area is 179 Å². The normalized spacial score (nSPS) is 13.4. The number of aliphatic imine (C=N–C) groups is 1. The number of guanidine groups is 1. The number of carbonyl (C=O) groups is 5. The van der Waals surface area contributed by atoms with Crippen molar-refractivity contribution < 1.29 is 34.2 Å². The van der Waals surface area contributed by atoms with Gasteiger partial charge in [0.2, 0.25) is 17.7 Å². The molecule has 31 heavy (non-hydrogen) atoms. The lowest BCUT2D eigenvalue weighted by molar-refractivity contribution is -0.141. The van der Waals surface area contributed by atoms with Crippen molar-refractivity contribution in [2.24, 2.45) is 28.1 Å². The number of hydrogen-bond acceptors (Lipinski definition) is 7. The number of aliphatic carboxylic acids is 2. The Kier molecular flexibility index (Phi) is 12.2.